The molecule has 0 aliphatic carbocycles. The van der Waals surface area contributed by atoms with Crippen molar-refractivity contribution in [2.75, 3.05) is 23.3 Å². The van der Waals surface area contributed by atoms with E-state index >= 15 is 0 Å². The average Bonchev–Trinajstić information content (AvgIpc) is 3.56. The highest BCUT2D eigenvalue weighted by atomic mass is 16.1. The number of carbonyl (C=O) groups is 1. The Balaban J connectivity index is 1.05. The minimum absolute atomic E-state index is 0.188. The first-order valence-electron chi connectivity index (χ1n) is 13.7. The molecule has 0 atom stereocenters. The van der Waals surface area contributed by atoms with E-state index in [0.717, 1.165) is 42.7 Å². The third-order valence-electron chi connectivity index (χ3n) is 7.81. The number of rotatable bonds is 6. The summed E-state index contributed by atoms with van der Waals surface area (Å²) in [6.45, 7) is 1.77. The molecule has 0 bridgehead atoms. The van der Waals surface area contributed by atoms with Crippen LogP contribution in [0.3, 0.4) is 0 Å². The van der Waals surface area contributed by atoms with Gasteiger partial charge in [-0.2, -0.15) is 10.1 Å². The van der Waals surface area contributed by atoms with Gasteiger partial charge >= 0.3 is 0 Å². The summed E-state index contributed by atoms with van der Waals surface area (Å²) in [5, 5.41) is 9.31. The summed E-state index contributed by atoms with van der Waals surface area (Å²) in [5.41, 5.74) is 8.91. The quantitative estimate of drug-likeness (QED) is 0.315. The van der Waals surface area contributed by atoms with E-state index in [4.69, 9.17) is 10.8 Å². The lowest BCUT2D eigenvalue weighted by Gasteiger charge is -2.33. The van der Waals surface area contributed by atoms with Crippen molar-refractivity contribution in [1.82, 2.24) is 34.1 Å². The summed E-state index contributed by atoms with van der Waals surface area (Å²) in [4.78, 5) is 40.3. The van der Waals surface area contributed by atoms with Gasteiger partial charge in [0.15, 0.2) is 11.5 Å². The molecule has 5 heterocycles. The number of nitrogens with two attached hydrogens (primary N) is 1. The van der Waals surface area contributed by atoms with Gasteiger partial charge in [0.25, 0.3) is 11.5 Å². The maximum Gasteiger partial charge on any atom is 0.277 e. The molecule has 0 unspecified atom stereocenters. The molecule has 210 valence electrons. The first-order valence-corrected chi connectivity index (χ1v) is 13.7. The van der Waals surface area contributed by atoms with E-state index in [0.29, 0.717) is 33.9 Å². The molecule has 1 aliphatic rings. The summed E-state index contributed by atoms with van der Waals surface area (Å²) < 4.78 is 5.15. The Morgan fingerprint density at radius 1 is 1.00 bits per heavy atom. The van der Waals surface area contributed by atoms with Crippen LogP contribution in [0.2, 0.25) is 0 Å². The molecule has 1 fully saturated rings. The molecule has 0 saturated carbocycles. The predicted octanol–water partition coefficient (Wildman–Crippen LogP) is 3.55. The fraction of sp³-hybridized carbons (Fsp3) is 0.200. The fourth-order valence-electron chi connectivity index (χ4n) is 5.62. The molecule has 6 aromatic rings. The van der Waals surface area contributed by atoms with Gasteiger partial charge in [-0.05, 0) is 55.3 Å². The highest BCUT2D eigenvalue weighted by Gasteiger charge is 2.23. The number of hydrogen-bond acceptors (Lipinski definition) is 8. The van der Waals surface area contributed by atoms with Crippen LogP contribution in [-0.2, 0) is 7.05 Å². The van der Waals surface area contributed by atoms with Gasteiger partial charge in [-0.1, -0.05) is 18.2 Å². The zero-order valence-electron chi connectivity index (χ0n) is 22.9. The lowest BCUT2D eigenvalue weighted by atomic mass is 10.0. The van der Waals surface area contributed by atoms with Crippen molar-refractivity contribution in [3.05, 3.63) is 95.2 Å². The molecule has 0 spiro atoms. The normalized spacial score (nSPS) is 14.1. The Kier molecular flexibility index (Phi) is 6.15. The molecule has 3 N–H and O–H groups in total. The molecule has 1 saturated heterocycles. The van der Waals surface area contributed by atoms with Gasteiger partial charge in [-0.25, -0.2) is 19.3 Å². The molecule has 1 aliphatic heterocycles. The largest absolute Gasteiger partial charge is 0.371 e. The van der Waals surface area contributed by atoms with E-state index in [9.17, 15) is 9.59 Å². The van der Waals surface area contributed by atoms with Crippen molar-refractivity contribution in [2.45, 2.75) is 18.9 Å². The van der Waals surface area contributed by atoms with Crippen molar-refractivity contribution in [1.29, 1.82) is 0 Å². The Bertz CT molecular complexity index is 1980. The Labute approximate surface area is 240 Å². The summed E-state index contributed by atoms with van der Waals surface area (Å²) in [6, 6.07) is 19.4. The highest BCUT2D eigenvalue weighted by Crippen LogP contribution is 2.29. The van der Waals surface area contributed by atoms with Crippen LogP contribution in [-0.4, -0.2) is 53.1 Å². The van der Waals surface area contributed by atoms with E-state index in [-0.39, 0.29) is 11.6 Å². The topological polar surface area (TPSA) is 142 Å². The number of carbonyl (C=O) groups excluding carboxylic acids is 1. The fourth-order valence-corrected chi connectivity index (χ4v) is 5.62. The van der Waals surface area contributed by atoms with Gasteiger partial charge in [0, 0.05) is 55.5 Å². The number of primary amides is 1. The molecule has 42 heavy (non-hydrogen) atoms. The predicted molar refractivity (Wildman–Crippen MR) is 160 cm³/mol. The minimum Gasteiger partial charge on any atom is -0.371 e. The van der Waals surface area contributed by atoms with Crippen LogP contribution < -0.4 is 21.5 Å². The molecule has 1 amide bonds. The smallest absolute Gasteiger partial charge is 0.277 e. The van der Waals surface area contributed by atoms with Gasteiger partial charge in [-0.15, -0.1) is 0 Å². The second-order valence-electron chi connectivity index (χ2n) is 10.4. The van der Waals surface area contributed by atoms with E-state index in [1.165, 1.54) is 4.68 Å². The Hall–Kier alpha value is -5.52. The number of nitrogens with zero attached hydrogens (tertiary/aromatic N) is 8. The number of hydrogen-bond donors (Lipinski definition) is 2. The molecule has 12 heteroatoms. The van der Waals surface area contributed by atoms with Gasteiger partial charge in [-0.3, -0.25) is 14.3 Å². The zero-order valence-corrected chi connectivity index (χ0v) is 22.9. The molecule has 2 aromatic carbocycles. The van der Waals surface area contributed by atoms with Gasteiger partial charge < -0.3 is 16.0 Å². The minimum atomic E-state index is -0.462. The van der Waals surface area contributed by atoms with E-state index in [1.807, 2.05) is 53.3 Å². The van der Waals surface area contributed by atoms with Crippen LogP contribution in [0.15, 0.2) is 84.0 Å². The monoisotopic (exact) mass is 560 g/mol. The maximum atomic E-state index is 12.7. The van der Waals surface area contributed by atoms with Crippen molar-refractivity contribution < 1.29 is 4.79 Å². The second kappa shape index (κ2) is 10.1. The van der Waals surface area contributed by atoms with Crippen molar-refractivity contribution in [2.24, 2.45) is 12.8 Å². The number of aromatic nitrogens is 7. The molecule has 7 rings (SSSR count). The summed E-state index contributed by atoms with van der Waals surface area (Å²) >= 11 is 0. The van der Waals surface area contributed by atoms with Crippen molar-refractivity contribution in [3.63, 3.8) is 0 Å². The molecular formula is C30H28N10O2. The lowest BCUT2D eigenvalue weighted by Crippen LogP contribution is -2.34. The summed E-state index contributed by atoms with van der Waals surface area (Å²) in [7, 11) is 1.68. The van der Waals surface area contributed by atoms with Gasteiger partial charge in [0.2, 0.25) is 5.95 Å². The maximum absolute atomic E-state index is 12.7. The van der Waals surface area contributed by atoms with Crippen LogP contribution in [0.5, 0.6) is 0 Å². The SMILES string of the molecule is Cn1c(=O)c2cnc(Nc3ccc(N4CCC(n5cc6cccc(C(N)=O)c6n5)CC4)cc3)nc2n1-c1ccccn1. The van der Waals surface area contributed by atoms with Crippen molar-refractivity contribution in [3.8, 4) is 5.82 Å². The highest BCUT2D eigenvalue weighted by molar-refractivity contribution is 6.04. The molecule has 12 nitrogen and oxygen atoms in total. The number of pyridine rings is 1. The van der Waals surface area contributed by atoms with Crippen LogP contribution in [0.25, 0.3) is 27.8 Å². The number of fused-ring (bicyclic) bond motifs is 2. The third-order valence-corrected chi connectivity index (χ3v) is 7.81. The van der Waals surface area contributed by atoms with Crippen LogP contribution in [0.4, 0.5) is 17.3 Å². The number of amides is 1. The average molecular weight is 561 g/mol. The van der Waals surface area contributed by atoms with E-state index in [2.05, 4.69) is 37.3 Å². The standard InChI is InChI=1S/C30H28N10O2/c1-37-29(42)24-17-33-30(35-28(24)40(37)25-7-2-3-14-32-25)34-20-8-10-21(11-9-20)38-15-12-22(13-16-38)39-18-19-5-4-6-23(27(31)41)26(19)36-39/h2-11,14,17-18,22H,12-13,15-16H2,1H3,(H2,31,41)(H,33,34,35). The number of nitrogens with one attached hydrogen (secondary N) is 1. The number of anilines is 3. The number of piperidine rings is 1. The molecular weight excluding hydrogens is 532 g/mol. The lowest BCUT2D eigenvalue weighted by molar-refractivity contribution is 0.100. The number of benzene rings is 2. The van der Waals surface area contributed by atoms with Crippen LogP contribution in [0.1, 0.15) is 29.2 Å². The van der Waals surface area contributed by atoms with Crippen molar-refractivity contribution >= 4 is 45.2 Å². The van der Waals surface area contributed by atoms with Gasteiger partial charge in [0.05, 0.1) is 11.6 Å². The Morgan fingerprint density at radius 2 is 1.81 bits per heavy atom. The van der Waals surface area contributed by atoms with E-state index in [1.54, 1.807) is 30.2 Å². The third kappa shape index (κ3) is 4.42. The zero-order chi connectivity index (χ0) is 28.8. The van der Waals surface area contributed by atoms with Gasteiger partial charge in [0.1, 0.15) is 10.9 Å². The molecule has 0 radical (unpaired) electrons. The first kappa shape index (κ1) is 25.4. The first-order chi connectivity index (χ1) is 20.5. The Morgan fingerprint density at radius 3 is 2.55 bits per heavy atom. The van der Waals surface area contributed by atoms with E-state index < -0.39 is 5.91 Å². The van der Waals surface area contributed by atoms with Crippen LogP contribution in [0, 0.1) is 0 Å². The summed E-state index contributed by atoms with van der Waals surface area (Å²) in [6.07, 6.45) is 7.09. The molecule has 4 aromatic heterocycles. The van der Waals surface area contributed by atoms with Crippen LogP contribution >= 0.6 is 0 Å². The summed E-state index contributed by atoms with van der Waals surface area (Å²) in [5.74, 6) is 0.522. The second-order valence-corrected chi connectivity index (χ2v) is 10.4.